The highest BCUT2D eigenvalue weighted by Crippen LogP contribution is 2.48. The van der Waals surface area contributed by atoms with Crippen LogP contribution in [0.5, 0.6) is 5.75 Å². The Bertz CT molecular complexity index is 896. The molecule has 1 fully saturated rings. The van der Waals surface area contributed by atoms with Gasteiger partial charge in [-0.05, 0) is 55.2 Å². The van der Waals surface area contributed by atoms with Gasteiger partial charge in [0.1, 0.15) is 17.9 Å². The molecule has 4 N–H and O–H groups in total. The van der Waals surface area contributed by atoms with Crippen molar-refractivity contribution in [2.45, 2.75) is 57.5 Å². The zero-order valence-corrected chi connectivity index (χ0v) is 16.2. The maximum atomic E-state index is 7.80. The van der Waals surface area contributed by atoms with E-state index in [4.69, 9.17) is 15.9 Å². The standard InChI is InChI=1S/C21H27N5O/c1-21(2)10-15-14(19-17(21)20(23)26-11-25-19)8-9-16(18(15)24-3)27-13-6-4-12(22)5-7-13/h8-9,11,13,22,24H,4-7,10H2,1-3H3,(H2,23,25,26). The number of hydrogen-bond donors (Lipinski definition) is 3. The quantitative estimate of drug-likeness (QED) is 0.765. The van der Waals surface area contributed by atoms with Crippen LogP contribution in [-0.4, -0.2) is 28.8 Å². The lowest BCUT2D eigenvalue weighted by atomic mass is 9.71. The maximum absolute atomic E-state index is 7.80. The van der Waals surface area contributed by atoms with Gasteiger partial charge in [0.2, 0.25) is 0 Å². The molecule has 0 unspecified atom stereocenters. The van der Waals surface area contributed by atoms with Gasteiger partial charge in [0, 0.05) is 23.9 Å². The molecule has 2 aliphatic rings. The summed E-state index contributed by atoms with van der Waals surface area (Å²) < 4.78 is 6.36. The average molecular weight is 365 g/mol. The van der Waals surface area contributed by atoms with Crippen LogP contribution in [0, 0.1) is 5.41 Å². The van der Waals surface area contributed by atoms with Gasteiger partial charge < -0.3 is 21.2 Å². The van der Waals surface area contributed by atoms with E-state index in [0.717, 1.165) is 66.1 Å². The monoisotopic (exact) mass is 365 g/mol. The van der Waals surface area contributed by atoms with E-state index in [0.29, 0.717) is 5.82 Å². The van der Waals surface area contributed by atoms with Gasteiger partial charge in [0.15, 0.2) is 0 Å². The predicted molar refractivity (Wildman–Crippen MR) is 109 cm³/mol. The molecule has 142 valence electrons. The molecule has 1 aromatic carbocycles. The number of aromatic nitrogens is 2. The van der Waals surface area contributed by atoms with Crippen LogP contribution in [-0.2, 0) is 11.8 Å². The predicted octanol–water partition coefficient (Wildman–Crippen LogP) is 3.94. The summed E-state index contributed by atoms with van der Waals surface area (Å²) in [6, 6.07) is 4.13. The third kappa shape index (κ3) is 3.03. The van der Waals surface area contributed by atoms with Crippen molar-refractivity contribution < 1.29 is 4.74 Å². The van der Waals surface area contributed by atoms with Crippen molar-refractivity contribution in [2.24, 2.45) is 0 Å². The highest BCUT2D eigenvalue weighted by molar-refractivity contribution is 5.83. The molecule has 27 heavy (non-hydrogen) atoms. The number of rotatable bonds is 3. The van der Waals surface area contributed by atoms with Crippen molar-refractivity contribution in [3.63, 3.8) is 0 Å². The Balaban J connectivity index is 1.77. The molecule has 0 radical (unpaired) electrons. The molecular weight excluding hydrogens is 338 g/mol. The summed E-state index contributed by atoms with van der Waals surface area (Å²) in [7, 11) is 1.94. The van der Waals surface area contributed by atoms with Gasteiger partial charge in [-0.25, -0.2) is 9.97 Å². The van der Waals surface area contributed by atoms with Crippen LogP contribution in [0.3, 0.4) is 0 Å². The lowest BCUT2D eigenvalue weighted by Gasteiger charge is -2.35. The van der Waals surface area contributed by atoms with Gasteiger partial charge in [-0.2, -0.15) is 0 Å². The number of fused-ring (bicyclic) bond motifs is 3. The summed E-state index contributed by atoms with van der Waals surface area (Å²) in [4.78, 5) is 8.78. The molecule has 2 aliphatic carbocycles. The highest BCUT2D eigenvalue weighted by atomic mass is 16.5. The molecule has 0 atom stereocenters. The molecule has 1 saturated carbocycles. The zero-order valence-electron chi connectivity index (χ0n) is 16.2. The largest absolute Gasteiger partial charge is 0.488 e. The Hall–Kier alpha value is -2.63. The highest BCUT2D eigenvalue weighted by Gasteiger charge is 2.36. The SMILES string of the molecule is CNc1c(OC2CCC(=N)CC2)ccc2c1CC(C)(C)c1c(N)ncnc1-2. The van der Waals surface area contributed by atoms with Crippen LogP contribution in [0.15, 0.2) is 18.5 Å². The van der Waals surface area contributed by atoms with Crippen molar-refractivity contribution in [2.75, 3.05) is 18.1 Å². The number of benzene rings is 1. The zero-order chi connectivity index (χ0) is 19.2. The first-order chi connectivity index (χ1) is 12.9. The fourth-order valence-electron chi connectivity index (χ4n) is 4.44. The summed E-state index contributed by atoms with van der Waals surface area (Å²) in [5.74, 6) is 1.45. The Kier molecular flexibility index (Phi) is 4.29. The molecule has 6 heteroatoms. The summed E-state index contributed by atoms with van der Waals surface area (Å²) in [5.41, 5.74) is 12.2. The normalized spacial score (nSPS) is 20.6. The number of nitrogens with zero attached hydrogens (tertiary/aromatic N) is 2. The van der Waals surface area contributed by atoms with E-state index >= 15 is 0 Å². The molecule has 2 aromatic rings. The number of ether oxygens (including phenoxy) is 1. The van der Waals surface area contributed by atoms with Crippen molar-refractivity contribution in [3.8, 4) is 17.0 Å². The molecular formula is C21H27N5O. The summed E-state index contributed by atoms with van der Waals surface area (Å²) in [6.07, 6.45) is 6.05. The minimum absolute atomic E-state index is 0.155. The smallest absolute Gasteiger partial charge is 0.143 e. The Morgan fingerprint density at radius 1 is 1.22 bits per heavy atom. The Labute approximate surface area is 160 Å². The molecule has 0 spiro atoms. The molecule has 0 bridgehead atoms. The summed E-state index contributed by atoms with van der Waals surface area (Å²) in [5, 5.41) is 11.2. The molecule has 1 aromatic heterocycles. The first-order valence-corrected chi connectivity index (χ1v) is 9.58. The van der Waals surface area contributed by atoms with E-state index in [1.165, 1.54) is 5.56 Å². The van der Waals surface area contributed by atoms with Gasteiger partial charge >= 0.3 is 0 Å². The second-order valence-corrected chi connectivity index (χ2v) is 8.18. The number of nitrogens with one attached hydrogen (secondary N) is 2. The minimum atomic E-state index is -0.155. The molecule has 0 aliphatic heterocycles. The van der Waals surface area contributed by atoms with Crippen molar-refractivity contribution in [3.05, 3.63) is 29.6 Å². The van der Waals surface area contributed by atoms with Crippen LogP contribution in [0.25, 0.3) is 11.3 Å². The first-order valence-electron chi connectivity index (χ1n) is 9.58. The van der Waals surface area contributed by atoms with Gasteiger partial charge in [-0.15, -0.1) is 0 Å². The fraction of sp³-hybridized carbons (Fsp3) is 0.476. The lowest BCUT2D eigenvalue weighted by molar-refractivity contribution is 0.179. The van der Waals surface area contributed by atoms with Gasteiger partial charge in [-0.1, -0.05) is 13.8 Å². The summed E-state index contributed by atoms with van der Waals surface area (Å²) >= 11 is 0. The third-order valence-corrected chi connectivity index (χ3v) is 5.78. The van der Waals surface area contributed by atoms with E-state index in [9.17, 15) is 0 Å². The van der Waals surface area contributed by atoms with E-state index < -0.39 is 0 Å². The van der Waals surface area contributed by atoms with E-state index in [1.807, 2.05) is 13.1 Å². The number of anilines is 2. The van der Waals surface area contributed by atoms with Crippen molar-refractivity contribution >= 4 is 17.2 Å². The minimum Gasteiger partial charge on any atom is -0.488 e. The Morgan fingerprint density at radius 3 is 2.67 bits per heavy atom. The van der Waals surface area contributed by atoms with Crippen LogP contribution >= 0.6 is 0 Å². The molecule has 0 amide bonds. The van der Waals surface area contributed by atoms with E-state index in [-0.39, 0.29) is 11.5 Å². The van der Waals surface area contributed by atoms with Crippen LogP contribution in [0.4, 0.5) is 11.5 Å². The second-order valence-electron chi connectivity index (χ2n) is 8.18. The van der Waals surface area contributed by atoms with Crippen molar-refractivity contribution in [1.82, 2.24) is 9.97 Å². The van der Waals surface area contributed by atoms with Crippen molar-refractivity contribution in [1.29, 1.82) is 5.41 Å². The van der Waals surface area contributed by atoms with Gasteiger partial charge in [-0.3, -0.25) is 0 Å². The first kappa shape index (κ1) is 17.8. The molecule has 4 rings (SSSR count). The van der Waals surface area contributed by atoms with E-state index in [1.54, 1.807) is 6.33 Å². The number of nitrogen functional groups attached to an aromatic ring is 1. The molecule has 1 heterocycles. The second kappa shape index (κ2) is 6.51. The average Bonchev–Trinajstić information content (AvgIpc) is 2.63. The van der Waals surface area contributed by atoms with Crippen LogP contribution < -0.4 is 15.8 Å². The Morgan fingerprint density at radius 2 is 1.96 bits per heavy atom. The maximum Gasteiger partial charge on any atom is 0.143 e. The molecule has 6 nitrogen and oxygen atoms in total. The van der Waals surface area contributed by atoms with E-state index in [2.05, 4.69) is 35.2 Å². The van der Waals surface area contributed by atoms with Gasteiger partial charge in [0.25, 0.3) is 0 Å². The summed E-state index contributed by atoms with van der Waals surface area (Å²) in [6.45, 7) is 4.38. The van der Waals surface area contributed by atoms with Gasteiger partial charge in [0.05, 0.1) is 17.5 Å². The van der Waals surface area contributed by atoms with Crippen LogP contribution in [0.1, 0.15) is 50.7 Å². The topological polar surface area (TPSA) is 96.9 Å². The third-order valence-electron chi connectivity index (χ3n) is 5.78. The molecule has 0 saturated heterocycles. The number of nitrogens with two attached hydrogens (primary N) is 1. The van der Waals surface area contributed by atoms with Crippen LogP contribution in [0.2, 0.25) is 0 Å². The lowest BCUT2D eigenvalue weighted by Crippen LogP contribution is -2.29. The number of hydrogen-bond acceptors (Lipinski definition) is 6. The fourth-order valence-corrected chi connectivity index (χ4v) is 4.44.